The summed E-state index contributed by atoms with van der Waals surface area (Å²) in [6, 6.07) is 3.77. The van der Waals surface area contributed by atoms with E-state index >= 15 is 0 Å². The highest BCUT2D eigenvalue weighted by Crippen LogP contribution is 2.25. The van der Waals surface area contributed by atoms with Gasteiger partial charge >= 0.3 is 0 Å². The first-order valence-corrected chi connectivity index (χ1v) is 9.22. The summed E-state index contributed by atoms with van der Waals surface area (Å²) in [5, 5.41) is 0. The number of piperazine rings is 1. The van der Waals surface area contributed by atoms with Gasteiger partial charge in [-0.05, 0) is 12.1 Å². The Morgan fingerprint density at radius 2 is 1.95 bits per heavy atom. The van der Waals surface area contributed by atoms with E-state index < -0.39 is 10.0 Å². The Morgan fingerprint density at radius 3 is 2.64 bits per heavy atom. The lowest BCUT2D eigenvalue weighted by Gasteiger charge is -2.33. The number of anilines is 1. The largest absolute Gasteiger partial charge is 0.309 e. The van der Waals surface area contributed by atoms with E-state index in [1.165, 1.54) is 10.6 Å². The van der Waals surface area contributed by atoms with Gasteiger partial charge in [-0.2, -0.15) is 4.31 Å². The van der Waals surface area contributed by atoms with Gasteiger partial charge in [-0.1, -0.05) is 0 Å². The molecule has 1 amide bonds. The molecule has 1 fully saturated rings. The van der Waals surface area contributed by atoms with Crippen molar-refractivity contribution in [2.24, 2.45) is 0 Å². The van der Waals surface area contributed by atoms with E-state index in [4.69, 9.17) is 0 Å². The first kappa shape index (κ1) is 15.4. The average molecular weight is 324 g/mol. The van der Waals surface area contributed by atoms with E-state index in [0.29, 0.717) is 39.3 Å². The number of pyridine rings is 1. The monoisotopic (exact) mass is 324 g/mol. The minimum absolute atomic E-state index is 0.0551. The Labute approximate surface area is 130 Å². The average Bonchev–Trinajstić information content (AvgIpc) is 2.91. The van der Waals surface area contributed by atoms with Crippen molar-refractivity contribution in [3.63, 3.8) is 0 Å². The van der Waals surface area contributed by atoms with Crippen LogP contribution in [0.25, 0.3) is 0 Å². The Hall–Kier alpha value is -1.51. The molecule has 7 nitrogen and oxygen atoms in total. The molecule has 2 aliphatic rings. The van der Waals surface area contributed by atoms with Crippen LogP contribution in [0.1, 0.15) is 5.69 Å². The fourth-order valence-corrected chi connectivity index (χ4v) is 3.79. The Kier molecular flexibility index (Phi) is 4.16. The van der Waals surface area contributed by atoms with Crippen molar-refractivity contribution in [2.75, 3.05) is 50.4 Å². The normalized spacial score (nSPS) is 20.1. The molecule has 120 valence electrons. The van der Waals surface area contributed by atoms with Gasteiger partial charge in [-0.3, -0.25) is 14.7 Å². The molecule has 0 aromatic carbocycles. The van der Waals surface area contributed by atoms with E-state index in [0.717, 1.165) is 17.8 Å². The van der Waals surface area contributed by atoms with Crippen LogP contribution in [0.15, 0.2) is 18.3 Å². The minimum atomic E-state index is -3.13. The third kappa shape index (κ3) is 3.13. The van der Waals surface area contributed by atoms with Crippen LogP contribution in [0.3, 0.4) is 0 Å². The fraction of sp³-hybridized carbons (Fsp3) is 0.571. The molecule has 0 spiro atoms. The summed E-state index contributed by atoms with van der Waals surface area (Å²) in [7, 11) is -3.13. The summed E-state index contributed by atoms with van der Waals surface area (Å²) in [5.74, 6) is 0.0551. The van der Waals surface area contributed by atoms with Crippen molar-refractivity contribution in [1.82, 2.24) is 14.2 Å². The van der Waals surface area contributed by atoms with Gasteiger partial charge in [0.15, 0.2) is 0 Å². The molecule has 22 heavy (non-hydrogen) atoms. The molecule has 0 saturated carbocycles. The fourth-order valence-electron chi connectivity index (χ4n) is 2.96. The van der Waals surface area contributed by atoms with Crippen LogP contribution in [0.5, 0.6) is 0 Å². The highest BCUT2D eigenvalue weighted by molar-refractivity contribution is 7.88. The Bertz CT molecular complexity index is 668. The lowest BCUT2D eigenvalue weighted by atomic mass is 10.3. The third-order valence-electron chi connectivity index (χ3n) is 4.19. The zero-order valence-corrected chi connectivity index (χ0v) is 13.4. The summed E-state index contributed by atoms with van der Waals surface area (Å²) in [4.78, 5) is 20.6. The van der Waals surface area contributed by atoms with Gasteiger partial charge in [-0.15, -0.1) is 0 Å². The topological polar surface area (TPSA) is 73.8 Å². The van der Waals surface area contributed by atoms with Crippen LogP contribution in [0.2, 0.25) is 0 Å². The smallest absolute Gasteiger partial charge is 0.241 e. The van der Waals surface area contributed by atoms with E-state index in [1.807, 2.05) is 17.0 Å². The van der Waals surface area contributed by atoms with Crippen molar-refractivity contribution >= 4 is 21.6 Å². The van der Waals surface area contributed by atoms with Gasteiger partial charge in [0.05, 0.1) is 24.2 Å². The summed E-state index contributed by atoms with van der Waals surface area (Å²) >= 11 is 0. The second-order valence-corrected chi connectivity index (χ2v) is 7.69. The summed E-state index contributed by atoms with van der Waals surface area (Å²) in [5.41, 5.74) is 1.88. The van der Waals surface area contributed by atoms with Crippen molar-refractivity contribution in [3.05, 3.63) is 24.0 Å². The van der Waals surface area contributed by atoms with Crippen molar-refractivity contribution in [2.45, 2.75) is 6.42 Å². The van der Waals surface area contributed by atoms with Gasteiger partial charge in [0.25, 0.3) is 0 Å². The molecule has 8 heteroatoms. The summed E-state index contributed by atoms with van der Waals surface area (Å²) in [6.45, 7) is 3.08. The zero-order valence-electron chi connectivity index (χ0n) is 12.6. The standard InChI is InChI=1S/C14H20N4O3S/c1-22(20,21)17-9-7-16(8-10-17)11-14(19)18-6-4-12-13(18)3-2-5-15-12/h2-3,5H,4,6-11H2,1H3. The molecule has 0 unspecified atom stereocenters. The molecule has 0 atom stereocenters. The molecule has 3 rings (SSSR count). The number of sulfonamides is 1. The number of hydrogen-bond donors (Lipinski definition) is 0. The quantitative estimate of drug-likeness (QED) is 0.753. The predicted molar refractivity (Wildman–Crippen MR) is 83.2 cm³/mol. The van der Waals surface area contributed by atoms with Crippen LogP contribution < -0.4 is 4.90 Å². The Balaban J connectivity index is 1.58. The van der Waals surface area contributed by atoms with Gasteiger partial charge in [0, 0.05) is 45.3 Å². The number of fused-ring (bicyclic) bond motifs is 1. The first-order valence-electron chi connectivity index (χ1n) is 7.37. The maximum Gasteiger partial charge on any atom is 0.241 e. The number of hydrogen-bond acceptors (Lipinski definition) is 5. The molecule has 0 radical (unpaired) electrons. The summed E-state index contributed by atoms with van der Waals surface area (Å²) < 4.78 is 24.4. The minimum Gasteiger partial charge on any atom is -0.309 e. The second kappa shape index (κ2) is 5.94. The van der Waals surface area contributed by atoms with Gasteiger partial charge in [0.1, 0.15) is 0 Å². The van der Waals surface area contributed by atoms with E-state index in [9.17, 15) is 13.2 Å². The molecule has 0 N–H and O–H groups in total. The van der Waals surface area contributed by atoms with E-state index in [-0.39, 0.29) is 5.91 Å². The van der Waals surface area contributed by atoms with E-state index in [2.05, 4.69) is 4.98 Å². The predicted octanol–water partition coefficient (Wildman–Crippen LogP) is -0.452. The van der Waals surface area contributed by atoms with Crippen LogP contribution in [-0.4, -0.2) is 74.0 Å². The molecule has 1 aromatic rings. The molecule has 2 aliphatic heterocycles. The third-order valence-corrected chi connectivity index (χ3v) is 5.49. The van der Waals surface area contributed by atoms with Gasteiger partial charge < -0.3 is 4.90 Å². The maximum absolute atomic E-state index is 12.5. The highest BCUT2D eigenvalue weighted by atomic mass is 32.2. The molecule has 1 saturated heterocycles. The van der Waals surface area contributed by atoms with Crippen LogP contribution in [0, 0.1) is 0 Å². The van der Waals surface area contributed by atoms with Crippen molar-refractivity contribution in [3.8, 4) is 0 Å². The zero-order chi connectivity index (χ0) is 15.7. The number of carbonyl (C=O) groups excluding carboxylic acids is 1. The van der Waals surface area contributed by atoms with E-state index in [1.54, 1.807) is 11.1 Å². The van der Waals surface area contributed by atoms with Crippen LogP contribution in [0.4, 0.5) is 5.69 Å². The number of nitrogens with zero attached hydrogens (tertiary/aromatic N) is 4. The lowest BCUT2D eigenvalue weighted by molar-refractivity contribution is -0.119. The molecule has 3 heterocycles. The molecule has 0 aliphatic carbocycles. The van der Waals surface area contributed by atoms with Crippen LogP contribution >= 0.6 is 0 Å². The number of amides is 1. The SMILES string of the molecule is CS(=O)(=O)N1CCN(CC(=O)N2CCc3ncccc32)CC1. The second-order valence-electron chi connectivity index (χ2n) is 5.70. The van der Waals surface area contributed by atoms with Gasteiger partial charge in [-0.25, -0.2) is 8.42 Å². The summed E-state index contributed by atoms with van der Waals surface area (Å²) in [6.07, 6.45) is 3.77. The van der Waals surface area contributed by atoms with Crippen LogP contribution in [-0.2, 0) is 21.2 Å². The number of rotatable bonds is 3. The molecule has 1 aromatic heterocycles. The molecule has 0 bridgehead atoms. The lowest BCUT2D eigenvalue weighted by Crippen LogP contribution is -2.51. The number of aromatic nitrogens is 1. The number of carbonyl (C=O) groups is 1. The Morgan fingerprint density at radius 1 is 1.23 bits per heavy atom. The highest BCUT2D eigenvalue weighted by Gasteiger charge is 2.29. The van der Waals surface area contributed by atoms with Crippen molar-refractivity contribution < 1.29 is 13.2 Å². The van der Waals surface area contributed by atoms with Gasteiger partial charge in [0.2, 0.25) is 15.9 Å². The maximum atomic E-state index is 12.5. The molecular formula is C14H20N4O3S. The first-order chi connectivity index (χ1) is 10.4. The van der Waals surface area contributed by atoms with Crippen molar-refractivity contribution in [1.29, 1.82) is 0 Å². The molecular weight excluding hydrogens is 304 g/mol.